The fourth-order valence-corrected chi connectivity index (χ4v) is 16.3. The molecular weight excluding hydrogens is 1230 g/mol. The number of para-hydroxylation sites is 5. The summed E-state index contributed by atoms with van der Waals surface area (Å²) in [5.41, 5.74) is 16.4. The Bertz CT molecular complexity index is 6080. The monoisotopic (exact) mass is 1280 g/mol. The van der Waals surface area contributed by atoms with Crippen molar-refractivity contribution in [3.8, 4) is 45.1 Å². The molecule has 14 heteroatoms. The molecule has 6 heterocycles. The highest BCUT2D eigenvalue weighted by Crippen LogP contribution is 2.51. The van der Waals surface area contributed by atoms with Crippen molar-refractivity contribution in [2.45, 2.75) is 0 Å². The SMILES string of the molecule is Fc1cc(F)c(N2c3ccccc3B3c4cc5c(cc4Oc4cc(-n6c7ccccc7c7ccc(-c8ccccc8)cc76)cc2c43)N(c2ccccc2)c2cc(-n3c4ccccc4c4ccc(-c6ccccc6)cc43)cc3c2B5c2ccccc2N3c2c(F)cc(F)cc2F)c(F)c1. The van der Waals surface area contributed by atoms with Crippen molar-refractivity contribution in [2.24, 2.45) is 0 Å². The van der Waals surface area contributed by atoms with Gasteiger partial charge >= 0.3 is 0 Å². The summed E-state index contributed by atoms with van der Waals surface area (Å²) in [6, 6.07) is 89.9. The minimum atomic E-state index is -1.09. The molecule has 6 nitrogen and oxygen atoms in total. The Morgan fingerprint density at radius 3 is 1.19 bits per heavy atom. The molecule has 462 valence electrons. The van der Waals surface area contributed by atoms with E-state index in [0.717, 1.165) is 111 Å². The molecule has 0 saturated carbocycles. The predicted molar refractivity (Wildman–Crippen MR) is 386 cm³/mol. The lowest BCUT2D eigenvalue weighted by Crippen LogP contribution is -2.64. The molecule has 0 unspecified atom stereocenters. The summed E-state index contributed by atoms with van der Waals surface area (Å²) in [6.07, 6.45) is 0. The van der Waals surface area contributed by atoms with Gasteiger partial charge in [0.15, 0.2) is 23.3 Å². The van der Waals surface area contributed by atoms with Crippen molar-refractivity contribution in [2.75, 3.05) is 14.7 Å². The summed E-state index contributed by atoms with van der Waals surface area (Å²) in [6.45, 7) is -1.28. The lowest BCUT2D eigenvalue weighted by molar-refractivity contribution is 0.487. The lowest BCUT2D eigenvalue weighted by Gasteiger charge is -2.45. The number of benzene rings is 14. The van der Waals surface area contributed by atoms with Crippen LogP contribution in [0.25, 0.3) is 77.2 Å². The van der Waals surface area contributed by atoms with E-state index in [1.54, 1.807) is 9.80 Å². The fourth-order valence-electron chi connectivity index (χ4n) is 16.3. The van der Waals surface area contributed by atoms with Crippen molar-refractivity contribution in [3.05, 3.63) is 320 Å². The second-order valence-corrected chi connectivity index (χ2v) is 25.5. The Morgan fingerprint density at radius 1 is 0.255 bits per heavy atom. The molecule has 0 amide bonds. The molecule has 14 aromatic carbocycles. The molecule has 0 aliphatic carbocycles. The average molecular weight is 1280 g/mol. The van der Waals surface area contributed by atoms with Crippen molar-refractivity contribution >= 4 is 141 Å². The van der Waals surface area contributed by atoms with Gasteiger partial charge in [-0.1, -0.05) is 182 Å². The average Bonchev–Trinajstić information content (AvgIpc) is 0.737. The zero-order valence-corrected chi connectivity index (χ0v) is 51.7. The van der Waals surface area contributed by atoms with Gasteiger partial charge in [0, 0.05) is 97.8 Å². The Hall–Kier alpha value is -12.4. The Labute approximate surface area is 558 Å². The minimum Gasteiger partial charge on any atom is -0.458 e. The van der Waals surface area contributed by atoms with E-state index in [0.29, 0.717) is 74.4 Å². The van der Waals surface area contributed by atoms with E-state index < -0.39 is 59.7 Å². The quantitative estimate of drug-likeness (QED) is 0.117. The Balaban J connectivity index is 0.878. The second-order valence-electron chi connectivity index (χ2n) is 25.5. The number of rotatable bonds is 7. The maximum absolute atomic E-state index is 17.2. The summed E-state index contributed by atoms with van der Waals surface area (Å²) in [5, 5.41) is 3.98. The first-order valence-electron chi connectivity index (χ1n) is 32.4. The van der Waals surface area contributed by atoms with Crippen LogP contribution in [0.1, 0.15) is 0 Å². The van der Waals surface area contributed by atoms with Gasteiger partial charge in [-0.15, -0.1) is 0 Å². The van der Waals surface area contributed by atoms with Gasteiger partial charge in [0.25, 0.3) is 13.4 Å². The van der Waals surface area contributed by atoms with Crippen LogP contribution in [0.4, 0.5) is 77.5 Å². The van der Waals surface area contributed by atoms with Gasteiger partial charge in [-0.2, -0.15) is 0 Å². The summed E-state index contributed by atoms with van der Waals surface area (Å²) >= 11 is 0. The Kier molecular flexibility index (Phi) is 12.0. The van der Waals surface area contributed by atoms with Gasteiger partial charge in [-0.05, 0) is 122 Å². The van der Waals surface area contributed by atoms with Crippen LogP contribution in [0.3, 0.4) is 0 Å². The van der Waals surface area contributed by atoms with Crippen LogP contribution in [0, 0.1) is 34.9 Å². The van der Waals surface area contributed by atoms with E-state index >= 15 is 26.3 Å². The first-order chi connectivity index (χ1) is 48.1. The number of fused-ring (bicyclic) bond motifs is 14. The van der Waals surface area contributed by atoms with E-state index in [4.69, 9.17) is 4.74 Å². The van der Waals surface area contributed by atoms with Gasteiger partial charge in [0.2, 0.25) is 0 Å². The molecule has 4 aliphatic rings. The summed E-state index contributed by atoms with van der Waals surface area (Å²) in [4.78, 5) is 5.36. The van der Waals surface area contributed by atoms with Gasteiger partial charge in [-0.25, -0.2) is 26.3 Å². The molecule has 2 aromatic heterocycles. The van der Waals surface area contributed by atoms with Crippen molar-refractivity contribution in [1.29, 1.82) is 0 Å². The standard InChI is InChI=1S/C84H47B2F6N5O/c87-52-38-65(89)83(66(90)39-52)96-71-30-16-12-26-61(71)85-63-46-64-79(47-75(63)93(54-22-8-3-9-23-54)76-42-55(43-77(96)81(76)85)94-69-28-14-10-24-57(69)59-34-32-50(36-73(59)94)48-18-4-1-5-19-48)98-80-45-56(95-70-29-15-11-25-58(70)60-35-33-51(37-74(60)95)49-20-6-2-7-21-49)44-78-82(80)86(64)62-27-13-17-31-72(62)97(78)84-67(91)40-53(88)41-68(84)92/h1-47H. The number of halogens is 6. The Morgan fingerprint density at radius 2 is 0.673 bits per heavy atom. The number of nitrogens with zero attached hydrogens (tertiary/aromatic N) is 5. The first kappa shape index (κ1) is 56.0. The molecule has 98 heavy (non-hydrogen) atoms. The molecule has 0 fully saturated rings. The number of hydrogen-bond donors (Lipinski definition) is 0. The van der Waals surface area contributed by atoms with Crippen molar-refractivity contribution in [1.82, 2.24) is 9.13 Å². The lowest BCUT2D eigenvalue weighted by atomic mass is 9.30. The van der Waals surface area contributed by atoms with E-state index in [2.05, 4.69) is 117 Å². The van der Waals surface area contributed by atoms with E-state index in [-0.39, 0.29) is 0 Å². The summed E-state index contributed by atoms with van der Waals surface area (Å²) in [7, 11) is 0. The van der Waals surface area contributed by atoms with Crippen LogP contribution in [-0.4, -0.2) is 22.6 Å². The molecule has 0 spiro atoms. The third kappa shape index (κ3) is 8.08. The number of hydrogen-bond acceptors (Lipinski definition) is 4. The third-order valence-corrected chi connectivity index (χ3v) is 20.2. The third-order valence-electron chi connectivity index (χ3n) is 20.2. The van der Waals surface area contributed by atoms with Crippen LogP contribution in [0.15, 0.2) is 285 Å². The highest BCUT2D eigenvalue weighted by Gasteiger charge is 2.49. The summed E-state index contributed by atoms with van der Waals surface area (Å²) in [5.74, 6) is -5.52. The van der Waals surface area contributed by atoms with E-state index in [1.165, 1.54) is 0 Å². The van der Waals surface area contributed by atoms with Crippen LogP contribution >= 0.6 is 0 Å². The van der Waals surface area contributed by atoms with Crippen LogP contribution in [0.5, 0.6) is 11.5 Å². The molecule has 0 saturated heterocycles. The highest BCUT2D eigenvalue weighted by atomic mass is 19.2. The fraction of sp³-hybridized carbons (Fsp3) is 0. The van der Waals surface area contributed by atoms with E-state index in [9.17, 15) is 0 Å². The molecule has 0 radical (unpaired) electrons. The maximum atomic E-state index is 17.2. The number of ether oxygens (including phenoxy) is 1. The zero-order valence-electron chi connectivity index (χ0n) is 51.7. The first-order valence-corrected chi connectivity index (χ1v) is 32.4. The van der Waals surface area contributed by atoms with Crippen LogP contribution in [0.2, 0.25) is 0 Å². The molecule has 20 rings (SSSR count). The number of aromatic nitrogens is 2. The van der Waals surface area contributed by atoms with Gasteiger partial charge in [0.05, 0.1) is 33.4 Å². The predicted octanol–water partition coefficient (Wildman–Crippen LogP) is 18.5. The number of anilines is 9. The molecular formula is C84H47B2F6N5O. The van der Waals surface area contributed by atoms with Crippen LogP contribution < -0.4 is 52.2 Å². The van der Waals surface area contributed by atoms with Crippen LogP contribution in [-0.2, 0) is 0 Å². The molecule has 0 bridgehead atoms. The largest absolute Gasteiger partial charge is 0.458 e. The normalized spacial score (nSPS) is 13.2. The summed E-state index contributed by atoms with van der Waals surface area (Å²) < 4.78 is 111. The zero-order chi connectivity index (χ0) is 65.3. The second kappa shape index (κ2) is 21.0. The highest BCUT2D eigenvalue weighted by molar-refractivity contribution is 7.02. The minimum absolute atomic E-state index is 0.410. The molecule has 0 N–H and O–H groups in total. The van der Waals surface area contributed by atoms with Crippen molar-refractivity contribution < 1.29 is 31.1 Å². The molecule has 4 aliphatic heterocycles. The maximum Gasteiger partial charge on any atom is 0.256 e. The smallest absolute Gasteiger partial charge is 0.256 e. The topological polar surface area (TPSA) is 28.8 Å². The van der Waals surface area contributed by atoms with Gasteiger partial charge in [0.1, 0.15) is 34.5 Å². The van der Waals surface area contributed by atoms with Crippen molar-refractivity contribution in [3.63, 3.8) is 0 Å². The molecule has 16 aromatic rings. The van der Waals surface area contributed by atoms with Gasteiger partial charge in [-0.3, -0.25) is 0 Å². The van der Waals surface area contributed by atoms with E-state index in [1.807, 2.05) is 158 Å². The molecule has 0 atom stereocenters. The van der Waals surface area contributed by atoms with Gasteiger partial charge < -0.3 is 28.6 Å².